The SMILES string of the molecule is CCCCC1(CC)CN(c2ccccc2)c2cc(OCC(=O)N[C@@H](C(=O)NCC(=O)[O-])c3ccccc3)ccc2S(=O)(=O)C1.[Na+]. The van der Waals surface area contributed by atoms with Crippen LogP contribution in [0.5, 0.6) is 5.75 Å². The molecule has 0 aliphatic carbocycles. The molecule has 1 unspecified atom stereocenters. The maximum absolute atomic E-state index is 13.8. The number of nitrogens with one attached hydrogen (secondary N) is 2. The van der Waals surface area contributed by atoms with Crippen LogP contribution in [0, 0.1) is 5.41 Å². The minimum absolute atomic E-state index is 0. The van der Waals surface area contributed by atoms with Gasteiger partial charge in [-0.15, -0.1) is 0 Å². The number of aliphatic carboxylic acids is 1. The Labute approximate surface area is 286 Å². The van der Waals surface area contributed by atoms with Crippen molar-refractivity contribution in [3.8, 4) is 5.75 Å². The number of para-hydroxylation sites is 1. The smallest absolute Gasteiger partial charge is 0.548 e. The van der Waals surface area contributed by atoms with Crippen LogP contribution in [0.15, 0.2) is 83.8 Å². The van der Waals surface area contributed by atoms with Gasteiger partial charge in [0.2, 0.25) is 5.91 Å². The first-order valence-electron chi connectivity index (χ1n) is 14.7. The molecule has 3 aromatic carbocycles. The Bertz CT molecular complexity index is 1570. The van der Waals surface area contributed by atoms with Crippen LogP contribution in [0.2, 0.25) is 0 Å². The second-order valence-corrected chi connectivity index (χ2v) is 13.0. The minimum atomic E-state index is -3.65. The minimum Gasteiger partial charge on any atom is -0.548 e. The summed E-state index contributed by atoms with van der Waals surface area (Å²) in [5.41, 5.74) is 1.33. The Morgan fingerprint density at radius 1 is 1.00 bits per heavy atom. The Hall–Kier alpha value is -3.38. The predicted molar refractivity (Wildman–Crippen MR) is 165 cm³/mol. The third-order valence-electron chi connectivity index (χ3n) is 7.90. The maximum atomic E-state index is 13.8. The third kappa shape index (κ3) is 9.32. The number of carbonyl (C=O) groups is 3. The molecule has 4 rings (SSSR count). The van der Waals surface area contributed by atoms with Crippen molar-refractivity contribution < 1.29 is 62.2 Å². The van der Waals surface area contributed by atoms with Gasteiger partial charge in [-0.2, -0.15) is 0 Å². The van der Waals surface area contributed by atoms with Gasteiger partial charge in [-0.25, -0.2) is 8.42 Å². The number of ether oxygens (including phenoxy) is 1. The van der Waals surface area contributed by atoms with Crippen molar-refractivity contribution in [2.24, 2.45) is 5.41 Å². The van der Waals surface area contributed by atoms with Gasteiger partial charge in [-0.05, 0) is 42.7 Å². The van der Waals surface area contributed by atoms with E-state index >= 15 is 0 Å². The van der Waals surface area contributed by atoms with Gasteiger partial charge in [0.15, 0.2) is 16.4 Å². The summed E-state index contributed by atoms with van der Waals surface area (Å²) >= 11 is 0. The molecule has 10 nitrogen and oxygen atoms in total. The number of sulfone groups is 1. The van der Waals surface area contributed by atoms with Crippen LogP contribution in [-0.2, 0) is 24.2 Å². The molecule has 0 saturated heterocycles. The van der Waals surface area contributed by atoms with E-state index in [-0.39, 0.29) is 46.0 Å². The molecule has 1 aliphatic rings. The van der Waals surface area contributed by atoms with Gasteiger partial charge in [-0.1, -0.05) is 75.2 Å². The molecule has 12 heteroatoms. The monoisotopic (exact) mass is 643 g/mol. The molecule has 1 aliphatic heterocycles. The summed E-state index contributed by atoms with van der Waals surface area (Å²) in [6, 6.07) is 21.5. The van der Waals surface area contributed by atoms with Crippen molar-refractivity contribution in [3.05, 3.63) is 84.4 Å². The van der Waals surface area contributed by atoms with Crippen LogP contribution in [0.1, 0.15) is 51.1 Å². The van der Waals surface area contributed by atoms with E-state index in [4.69, 9.17) is 4.74 Å². The number of anilines is 2. The van der Waals surface area contributed by atoms with Gasteiger partial charge >= 0.3 is 29.6 Å². The zero-order valence-electron chi connectivity index (χ0n) is 26.0. The zero-order valence-corrected chi connectivity index (χ0v) is 28.8. The maximum Gasteiger partial charge on any atom is 1.00 e. The average molecular weight is 644 g/mol. The zero-order chi connectivity index (χ0) is 31.7. The molecular weight excluding hydrogens is 605 g/mol. The van der Waals surface area contributed by atoms with Crippen molar-refractivity contribution in [2.45, 2.75) is 50.5 Å². The molecule has 2 amide bonds. The summed E-state index contributed by atoms with van der Waals surface area (Å²) in [5.74, 6) is -2.49. The largest absolute Gasteiger partial charge is 1.00 e. The Balaban J connectivity index is 0.00000552. The topological polar surface area (TPSA) is 145 Å². The van der Waals surface area contributed by atoms with Crippen molar-refractivity contribution >= 4 is 39.0 Å². The fourth-order valence-corrected chi connectivity index (χ4v) is 7.66. The standard InChI is InChI=1S/C33H39N3O7S.Na/c1-3-5-18-33(4-2)22-36(25-14-10-7-11-15-25)27-19-26(16-17-28(27)44(41,42)23-33)43-21-29(37)35-31(24-12-8-6-9-13-24)32(40)34-20-30(38)39;/h6-17,19,31H,3-5,18,20-23H2,1-2H3,(H,34,40)(H,35,37)(H,38,39);/q;+1/p-1/t31-,33?;/m1./s1. The molecule has 234 valence electrons. The molecule has 2 N–H and O–H groups in total. The number of benzene rings is 3. The van der Waals surface area contributed by atoms with Crippen LogP contribution in [-0.4, -0.2) is 51.7 Å². The number of fused-ring (bicyclic) bond motifs is 1. The molecule has 45 heavy (non-hydrogen) atoms. The van der Waals surface area contributed by atoms with Crippen molar-refractivity contribution in [3.63, 3.8) is 0 Å². The van der Waals surface area contributed by atoms with E-state index in [0.717, 1.165) is 24.9 Å². The molecule has 0 fully saturated rings. The van der Waals surface area contributed by atoms with E-state index in [2.05, 4.69) is 17.6 Å². The molecule has 0 aromatic heterocycles. The molecule has 1 heterocycles. The Morgan fingerprint density at radius 2 is 1.67 bits per heavy atom. The number of carbonyl (C=O) groups excluding carboxylic acids is 3. The van der Waals surface area contributed by atoms with Crippen LogP contribution < -0.4 is 54.9 Å². The van der Waals surface area contributed by atoms with Crippen LogP contribution >= 0.6 is 0 Å². The van der Waals surface area contributed by atoms with Gasteiger partial charge in [0, 0.05) is 23.7 Å². The summed E-state index contributed by atoms with van der Waals surface area (Å²) in [6.07, 6.45) is 3.36. The number of rotatable bonds is 13. The first kappa shape index (κ1) is 36.1. The van der Waals surface area contributed by atoms with Crippen molar-refractivity contribution in [1.82, 2.24) is 10.6 Å². The number of carboxylic acids is 1. The first-order chi connectivity index (χ1) is 21.1. The van der Waals surface area contributed by atoms with Gasteiger partial charge < -0.3 is 30.2 Å². The number of nitrogens with zero attached hydrogens (tertiary/aromatic N) is 1. The van der Waals surface area contributed by atoms with E-state index in [1.54, 1.807) is 36.4 Å². The quantitative estimate of drug-likeness (QED) is 0.253. The summed E-state index contributed by atoms with van der Waals surface area (Å²) in [4.78, 5) is 38.7. The van der Waals surface area contributed by atoms with E-state index in [9.17, 15) is 27.9 Å². The number of amides is 2. The van der Waals surface area contributed by atoms with Gasteiger partial charge in [0.05, 0.1) is 28.8 Å². The normalized spacial score (nSPS) is 17.5. The van der Waals surface area contributed by atoms with Gasteiger partial charge in [0.1, 0.15) is 11.8 Å². The van der Waals surface area contributed by atoms with Crippen LogP contribution in [0.3, 0.4) is 0 Å². The number of hydrogen-bond acceptors (Lipinski definition) is 8. The summed E-state index contributed by atoms with van der Waals surface area (Å²) in [6.45, 7) is 3.47. The summed E-state index contributed by atoms with van der Waals surface area (Å²) in [7, 11) is -3.65. The summed E-state index contributed by atoms with van der Waals surface area (Å²) in [5, 5.41) is 15.7. The van der Waals surface area contributed by atoms with Crippen LogP contribution in [0.4, 0.5) is 11.4 Å². The third-order valence-corrected chi connectivity index (χ3v) is 9.91. The number of hydrogen-bond donors (Lipinski definition) is 2. The molecule has 0 spiro atoms. The Morgan fingerprint density at radius 3 is 2.29 bits per heavy atom. The van der Waals surface area contributed by atoms with Gasteiger partial charge in [0.25, 0.3) is 5.91 Å². The van der Waals surface area contributed by atoms with E-state index < -0.39 is 52.2 Å². The molecule has 0 bridgehead atoms. The molecule has 2 atom stereocenters. The van der Waals surface area contributed by atoms with E-state index in [1.165, 1.54) is 12.1 Å². The molecule has 0 radical (unpaired) electrons. The fourth-order valence-electron chi connectivity index (χ4n) is 5.50. The molecule has 0 saturated carbocycles. The fraction of sp³-hybridized carbons (Fsp3) is 0.364. The van der Waals surface area contributed by atoms with Crippen LogP contribution in [0.25, 0.3) is 0 Å². The van der Waals surface area contributed by atoms with E-state index in [1.807, 2.05) is 42.2 Å². The second-order valence-electron chi connectivity index (χ2n) is 11.1. The number of unbranched alkanes of at least 4 members (excludes halogenated alkanes) is 1. The predicted octanol–water partition coefficient (Wildman–Crippen LogP) is 0.305. The second kappa shape index (κ2) is 16.3. The summed E-state index contributed by atoms with van der Waals surface area (Å²) < 4.78 is 33.4. The van der Waals surface area contributed by atoms with Crippen molar-refractivity contribution in [2.75, 3.05) is 30.3 Å². The van der Waals surface area contributed by atoms with E-state index in [0.29, 0.717) is 24.2 Å². The molecular formula is C33H38N3NaO7S. The van der Waals surface area contributed by atoms with Gasteiger partial charge in [-0.3, -0.25) is 9.59 Å². The Kier molecular flexibility index (Phi) is 13.0. The first-order valence-corrected chi connectivity index (χ1v) is 16.4. The average Bonchev–Trinajstić information content (AvgIpc) is 3.13. The molecule has 3 aromatic rings. The van der Waals surface area contributed by atoms with Crippen molar-refractivity contribution in [1.29, 1.82) is 0 Å². The number of carboxylic acid groups (broad SMARTS) is 1.